The van der Waals surface area contributed by atoms with Gasteiger partial charge in [0.2, 0.25) is 17.7 Å². The minimum atomic E-state index is -1.09. The van der Waals surface area contributed by atoms with Crippen molar-refractivity contribution in [1.29, 1.82) is 0 Å². The van der Waals surface area contributed by atoms with Gasteiger partial charge in [-0.1, -0.05) is 0 Å². The van der Waals surface area contributed by atoms with Crippen LogP contribution >= 0.6 is 12.6 Å². The first-order chi connectivity index (χ1) is 14.1. The van der Waals surface area contributed by atoms with Gasteiger partial charge in [-0.3, -0.25) is 19.4 Å². The molecule has 0 bridgehead atoms. The zero-order valence-corrected chi connectivity index (χ0v) is 17.8. The molecule has 0 spiro atoms. The zero-order chi connectivity index (χ0) is 22.8. The van der Waals surface area contributed by atoms with Gasteiger partial charge >= 0.3 is 5.97 Å². The predicted molar refractivity (Wildman–Crippen MR) is 114 cm³/mol. The third-order valence-corrected chi connectivity index (χ3v) is 5.06. The van der Waals surface area contributed by atoms with Gasteiger partial charge in [0, 0.05) is 18.8 Å². The lowest BCUT2D eigenvalue weighted by Crippen LogP contribution is -2.56. The van der Waals surface area contributed by atoms with Gasteiger partial charge in [-0.05, 0) is 32.6 Å². The van der Waals surface area contributed by atoms with E-state index in [0.717, 1.165) is 0 Å². The Labute approximate surface area is 180 Å². The maximum absolute atomic E-state index is 13.0. The minimum absolute atomic E-state index is 0.0933. The number of amides is 3. The highest BCUT2D eigenvalue weighted by atomic mass is 32.1. The predicted octanol–water partition coefficient (Wildman–Crippen LogP) is -2.64. The van der Waals surface area contributed by atoms with Gasteiger partial charge in [-0.25, -0.2) is 4.79 Å². The van der Waals surface area contributed by atoms with Gasteiger partial charge in [0.05, 0.1) is 6.04 Å². The summed E-state index contributed by atoms with van der Waals surface area (Å²) in [4.78, 5) is 53.9. The van der Waals surface area contributed by atoms with Gasteiger partial charge in [0.15, 0.2) is 5.96 Å². The number of carbonyl (C=O) groups excluding carboxylic acids is 3. The summed E-state index contributed by atoms with van der Waals surface area (Å²) < 4.78 is 0. The molecule has 1 heterocycles. The van der Waals surface area contributed by atoms with Crippen LogP contribution in [0.3, 0.4) is 0 Å². The molecule has 1 fully saturated rings. The molecule has 9 N–H and O–H groups in total. The van der Waals surface area contributed by atoms with Gasteiger partial charge in [-0.15, -0.1) is 0 Å². The van der Waals surface area contributed by atoms with E-state index in [9.17, 15) is 24.3 Å². The molecule has 0 radical (unpaired) electrons. The molecule has 0 aromatic rings. The van der Waals surface area contributed by atoms with Crippen molar-refractivity contribution in [3.05, 3.63) is 0 Å². The molecule has 1 aliphatic heterocycles. The van der Waals surface area contributed by atoms with E-state index in [1.165, 1.54) is 11.8 Å². The summed E-state index contributed by atoms with van der Waals surface area (Å²) in [7, 11) is 0. The summed E-state index contributed by atoms with van der Waals surface area (Å²) in [5.74, 6) is -2.72. The van der Waals surface area contributed by atoms with E-state index in [1.54, 1.807) is 0 Å². The van der Waals surface area contributed by atoms with Crippen LogP contribution in [0.2, 0.25) is 0 Å². The maximum Gasteiger partial charge on any atom is 0.326 e. The number of nitrogens with one attached hydrogen (secondary N) is 2. The number of aliphatic imine (C=N–C) groups is 1. The smallest absolute Gasteiger partial charge is 0.326 e. The average molecular weight is 446 g/mol. The Bertz CT molecular complexity index is 671. The lowest BCUT2D eigenvalue weighted by Gasteiger charge is -2.28. The molecule has 3 amide bonds. The Morgan fingerprint density at radius 2 is 1.90 bits per heavy atom. The first kappa shape index (κ1) is 25.5. The number of nitrogens with zero attached hydrogens (tertiary/aromatic N) is 2. The van der Waals surface area contributed by atoms with Crippen molar-refractivity contribution in [1.82, 2.24) is 15.5 Å². The Morgan fingerprint density at radius 3 is 2.47 bits per heavy atom. The van der Waals surface area contributed by atoms with E-state index in [-0.39, 0.29) is 24.7 Å². The maximum atomic E-state index is 13.0. The molecule has 0 saturated carbocycles. The fourth-order valence-electron chi connectivity index (χ4n) is 3.01. The summed E-state index contributed by atoms with van der Waals surface area (Å²) in [6.07, 6.45) is 1.49. The fraction of sp³-hybridized carbons (Fsp3) is 0.706. The second-order valence-corrected chi connectivity index (χ2v) is 7.42. The van der Waals surface area contributed by atoms with Crippen LogP contribution in [0.15, 0.2) is 4.99 Å². The number of hydrogen-bond acceptors (Lipinski definition) is 7. The van der Waals surface area contributed by atoms with Crippen molar-refractivity contribution in [2.75, 3.05) is 18.8 Å². The van der Waals surface area contributed by atoms with Crippen LogP contribution < -0.4 is 27.8 Å². The fourth-order valence-corrected chi connectivity index (χ4v) is 3.18. The lowest BCUT2D eigenvalue weighted by molar-refractivity contribution is -0.149. The molecule has 4 atom stereocenters. The molecule has 12 nitrogen and oxygen atoms in total. The molecule has 4 unspecified atom stereocenters. The molecule has 1 saturated heterocycles. The van der Waals surface area contributed by atoms with Gasteiger partial charge < -0.3 is 37.8 Å². The molecule has 0 aliphatic carbocycles. The normalized spacial score (nSPS) is 18.8. The number of hydrogen-bond donors (Lipinski definition) is 7. The first-order valence-corrected chi connectivity index (χ1v) is 10.3. The molecular formula is C17H31N7O5S. The van der Waals surface area contributed by atoms with Crippen LogP contribution in [-0.2, 0) is 19.2 Å². The second kappa shape index (κ2) is 12.2. The van der Waals surface area contributed by atoms with Gasteiger partial charge in [0.25, 0.3) is 0 Å². The summed E-state index contributed by atoms with van der Waals surface area (Å²) in [5, 5.41) is 14.4. The number of nitrogens with two attached hydrogens (primary N) is 3. The summed E-state index contributed by atoms with van der Waals surface area (Å²) in [5.41, 5.74) is 16.1. The van der Waals surface area contributed by atoms with E-state index >= 15 is 0 Å². The highest BCUT2D eigenvalue weighted by Crippen LogP contribution is 2.19. The average Bonchev–Trinajstić information content (AvgIpc) is 3.18. The van der Waals surface area contributed by atoms with E-state index in [4.69, 9.17) is 17.2 Å². The molecule has 1 aliphatic rings. The monoisotopic (exact) mass is 445 g/mol. The van der Waals surface area contributed by atoms with E-state index in [0.29, 0.717) is 25.8 Å². The number of likely N-dealkylation sites (tertiary alicyclic amines) is 1. The van der Waals surface area contributed by atoms with E-state index in [1.807, 2.05) is 0 Å². The van der Waals surface area contributed by atoms with Crippen molar-refractivity contribution in [2.24, 2.45) is 22.2 Å². The quantitative estimate of drug-likeness (QED) is 0.0772. The summed E-state index contributed by atoms with van der Waals surface area (Å²) in [6.45, 7) is 1.99. The van der Waals surface area contributed by atoms with Crippen molar-refractivity contribution < 1.29 is 24.3 Å². The molecule has 30 heavy (non-hydrogen) atoms. The van der Waals surface area contributed by atoms with Crippen LogP contribution in [0.4, 0.5) is 0 Å². The van der Waals surface area contributed by atoms with E-state index in [2.05, 4.69) is 28.3 Å². The molecular weight excluding hydrogens is 414 g/mol. The minimum Gasteiger partial charge on any atom is -0.480 e. The first-order valence-electron chi connectivity index (χ1n) is 9.64. The van der Waals surface area contributed by atoms with Crippen molar-refractivity contribution in [2.45, 2.75) is 56.8 Å². The third-order valence-electron chi connectivity index (χ3n) is 4.67. The van der Waals surface area contributed by atoms with E-state index < -0.39 is 47.9 Å². The van der Waals surface area contributed by atoms with Gasteiger partial charge in [-0.2, -0.15) is 12.6 Å². The Hall–Kier alpha value is -2.54. The number of thiol groups is 1. The number of carboxylic acid groups (broad SMARTS) is 1. The number of carboxylic acids is 1. The van der Waals surface area contributed by atoms with Crippen molar-refractivity contribution in [3.8, 4) is 0 Å². The number of rotatable bonds is 11. The van der Waals surface area contributed by atoms with Crippen LogP contribution in [0.25, 0.3) is 0 Å². The Morgan fingerprint density at radius 1 is 1.23 bits per heavy atom. The SMILES string of the molecule is CC(NC(=O)C(N)CS)C(=O)NC(CCCN=C(N)N)C(=O)N1CCCC1C(=O)O. The number of guanidine groups is 1. The Kier molecular flexibility index (Phi) is 10.4. The van der Waals surface area contributed by atoms with Crippen LogP contribution in [0.5, 0.6) is 0 Å². The molecule has 1 rings (SSSR count). The summed E-state index contributed by atoms with van der Waals surface area (Å²) >= 11 is 3.94. The molecule has 170 valence electrons. The van der Waals surface area contributed by atoms with Crippen LogP contribution in [0, 0.1) is 0 Å². The number of carbonyl (C=O) groups is 4. The van der Waals surface area contributed by atoms with Crippen molar-refractivity contribution >= 4 is 42.3 Å². The zero-order valence-electron chi connectivity index (χ0n) is 16.9. The topological polar surface area (TPSA) is 206 Å². The van der Waals surface area contributed by atoms with Crippen molar-refractivity contribution in [3.63, 3.8) is 0 Å². The third kappa shape index (κ3) is 7.71. The van der Waals surface area contributed by atoms with Crippen LogP contribution in [-0.4, -0.2) is 82.7 Å². The standard InChI is InChI=1S/C17H31N7O5S/c1-9(22-14(26)10(18)8-30)13(25)23-11(4-2-6-21-17(19)20)15(27)24-7-3-5-12(24)16(28)29/h9-12,30H,2-8,18H2,1H3,(H,22,26)(H,23,25)(H,28,29)(H4,19,20,21). The highest BCUT2D eigenvalue weighted by molar-refractivity contribution is 7.80. The molecule has 0 aromatic carbocycles. The molecule has 0 aromatic heterocycles. The van der Waals surface area contributed by atoms with Gasteiger partial charge in [0.1, 0.15) is 18.1 Å². The molecule has 13 heteroatoms. The largest absolute Gasteiger partial charge is 0.480 e. The van der Waals surface area contributed by atoms with Crippen LogP contribution in [0.1, 0.15) is 32.6 Å². The highest BCUT2D eigenvalue weighted by Gasteiger charge is 2.37. The number of aliphatic carboxylic acids is 1. The lowest BCUT2D eigenvalue weighted by atomic mass is 10.1. The Balaban J connectivity index is 2.85. The second-order valence-electron chi connectivity index (χ2n) is 7.06. The summed E-state index contributed by atoms with van der Waals surface area (Å²) in [6, 6.07) is -3.74.